The molecule has 0 N–H and O–H groups in total. The van der Waals surface area contributed by atoms with Crippen molar-refractivity contribution in [1.82, 2.24) is 24.9 Å². The van der Waals surface area contributed by atoms with Crippen LogP contribution < -0.4 is 4.90 Å². The van der Waals surface area contributed by atoms with Gasteiger partial charge < -0.3 is 9.80 Å². The molecule has 1 fully saturated rings. The van der Waals surface area contributed by atoms with Crippen molar-refractivity contribution in [3.8, 4) is 5.82 Å². The Morgan fingerprint density at radius 1 is 0.926 bits per heavy atom. The van der Waals surface area contributed by atoms with Crippen molar-refractivity contribution >= 4 is 11.7 Å². The van der Waals surface area contributed by atoms with Gasteiger partial charge in [0.05, 0.1) is 0 Å². The highest BCUT2D eigenvalue weighted by atomic mass is 16.2. The van der Waals surface area contributed by atoms with Gasteiger partial charge in [-0.3, -0.25) is 4.79 Å². The molecule has 3 heterocycles. The molecule has 1 aromatic carbocycles. The van der Waals surface area contributed by atoms with E-state index in [4.69, 9.17) is 0 Å². The molecule has 0 aliphatic carbocycles. The van der Waals surface area contributed by atoms with Crippen LogP contribution in [0.2, 0.25) is 0 Å². The second-order valence-corrected chi connectivity index (χ2v) is 6.86. The molecule has 1 saturated heterocycles. The number of aromatic nitrogens is 4. The van der Waals surface area contributed by atoms with Gasteiger partial charge in [0, 0.05) is 44.1 Å². The lowest BCUT2D eigenvalue weighted by Crippen LogP contribution is -2.49. The minimum Gasteiger partial charge on any atom is -0.352 e. The highest BCUT2D eigenvalue weighted by Gasteiger charge is 2.23. The van der Waals surface area contributed by atoms with E-state index in [2.05, 4.69) is 26.3 Å². The third-order valence-electron chi connectivity index (χ3n) is 4.74. The molecule has 0 bridgehead atoms. The lowest BCUT2D eigenvalue weighted by atomic mass is 10.1. The van der Waals surface area contributed by atoms with Crippen molar-refractivity contribution in [2.45, 2.75) is 13.8 Å². The topological polar surface area (TPSA) is 67.2 Å². The van der Waals surface area contributed by atoms with Crippen molar-refractivity contribution in [3.63, 3.8) is 0 Å². The zero-order chi connectivity index (χ0) is 18.8. The zero-order valence-corrected chi connectivity index (χ0v) is 15.5. The molecule has 2 aromatic heterocycles. The fourth-order valence-electron chi connectivity index (χ4n) is 3.43. The van der Waals surface area contributed by atoms with Crippen LogP contribution in [-0.2, 0) is 0 Å². The van der Waals surface area contributed by atoms with E-state index in [0.29, 0.717) is 18.9 Å². The number of hydrogen-bond donors (Lipinski definition) is 0. The SMILES string of the molecule is Cc1cc(C)cc(C(=O)N2CCN(c3ccc(-n4cccn4)nn3)CC2)c1. The van der Waals surface area contributed by atoms with Crippen molar-refractivity contribution in [2.24, 2.45) is 0 Å². The summed E-state index contributed by atoms with van der Waals surface area (Å²) in [5.74, 6) is 1.61. The lowest BCUT2D eigenvalue weighted by Gasteiger charge is -2.35. The molecule has 0 unspecified atom stereocenters. The Bertz CT molecular complexity index is 907. The molecular formula is C20H22N6O. The van der Waals surface area contributed by atoms with Crippen molar-refractivity contribution in [1.29, 1.82) is 0 Å². The maximum Gasteiger partial charge on any atom is 0.253 e. The van der Waals surface area contributed by atoms with Crippen LogP contribution in [0.3, 0.4) is 0 Å². The summed E-state index contributed by atoms with van der Waals surface area (Å²) in [5.41, 5.74) is 3.00. The number of benzene rings is 1. The van der Waals surface area contributed by atoms with Gasteiger partial charge in [-0.25, -0.2) is 4.68 Å². The predicted octanol–water partition coefficient (Wildman–Crippen LogP) is 2.24. The summed E-state index contributed by atoms with van der Waals surface area (Å²) >= 11 is 0. The molecule has 0 saturated carbocycles. The van der Waals surface area contributed by atoms with E-state index in [1.54, 1.807) is 10.9 Å². The Kier molecular flexibility index (Phi) is 4.58. The first-order valence-corrected chi connectivity index (χ1v) is 9.06. The first-order valence-electron chi connectivity index (χ1n) is 9.06. The average Bonchev–Trinajstić information content (AvgIpc) is 3.22. The van der Waals surface area contributed by atoms with Crippen LogP contribution in [0.4, 0.5) is 5.82 Å². The summed E-state index contributed by atoms with van der Waals surface area (Å²) in [7, 11) is 0. The van der Waals surface area contributed by atoms with E-state index in [9.17, 15) is 4.79 Å². The molecule has 3 aromatic rings. The quantitative estimate of drug-likeness (QED) is 0.715. The van der Waals surface area contributed by atoms with Gasteiger partial charge in [-0.05, 0) is 44.2 Å². The Hall–Kier alpha value is -3.22. The number of carbonyl (C=O) groups excluding carboxylic acids is 1. The molecular weight excluding hydrogens is 340 g/mol. The molecule has 1 aliphatic rings. The summed E-state index contributed by atoms with van der Waals surface area (Å²) in [5, 5.41) is 12.7. The van der Waals surface area contributed by atoms with Gasteiger partial charge in [0.2, 0.25) is 0 Å². The number of carbonyl (C=O) groups is 1. The Balaban J connectivity index is 1.40. The number of nitrogens with zero attached hydrogens (tertiary/aromatic N) is 6. The number of amides is 1. The molecule has 1 amide bonds. The smallest absolute Gasteiger partial charge is 0.253 e. The van der Waals surface area contributed by atoms with E-state index in [-0.39, 0.29) is 5.91 Å². The average molecular weight is 362 g/mol. The third-order valence-corrected chi connectivity index (χ3v) is 4.74. The van der Waals surface area contributed by atoms with Crippen LogP contribution >= 0.6 is 0 Å². The van der Waals surface area contributed by atoms with Gasteiger partial charge in [0.1, 0.15) is 0 Å². The number of aryl methyl sites for hydroxylation is 2. The van der Waals surface area contributed by atoms with Gasteiger partial charge in [-0.15, -0.1) is 10.2 Å². The maximum absolute atomic E-state index is 12.8. The van der Waals surface area contributed by atoms with Gasteiger partial charge in [-0.2, -0.15) is 5.10 Å². The molecule has 0 spiro atoms. The van der Waals surface area contributed by atoms with E-state index in [0.717, 1.165) is 35.6 Å². The Morgan fingerprint density at radius 3 is 2.19 bits per heavy atom. The molecule has 4 rings (SSSR count). The summed E-state index contributed by atoms with van der Waals surface area (Å²) in [4.78, 5) is 16.9. The van der Waals surface area contributed by atoms with Gasteiger partial charge >= 0.3 is 0 Å². The van der Waals surface area contributed by atoms with Crippen LogP contribution in [0.25, 0.3) is 5.82 Å². The highest BCUT2D eigenvalue weighted by Crippen LogP contribution is 2.17. The second-order valence-electron chi connectivity index (χ2n) is 6.86. The van der Waals surface area contributed by atoms with Crippen LogP contribution in [0, 0.1) is 13.8 Å². The summed E-state index contributed by atoms with van der Waals surface area (Å²) in [6.45, 7) is 6.88. The second kappa shape index (κ2) is 7.19. The fraction of sp³-hybridized carbons (Fsp3) is 0.300. The van der Waals surface area contributed by atoms with Crippen molar-refractivity contribution in [3.05, 3.63) is 65.5 Å². The van der Waals surface area contributed by atoms with Gasteiger partial charge in [0.25, 0.3) is 5.91 Å². The molecule has 7 nitrogen and oxygen atoms in total. The number of hydrogen-bond acceptors (Lipinski definition) is 5. The molecule has 0 radical (unpaired) electrons. The van der Waals surface area contributed by atoms with E-state index < -0.39 is 0 Å². The molecule has 27 heavy (non-hydrogen) atoms. The zero-order valence-electron chi connectivity index (χ0n) is 15.5. The minimum atomic E-state index is 0.0987. The standard InChI is InChI=1S/C20H22N6O/c1-15-12-16(2)14-17(13-15)20(27)25-10-8-24(9-11-25)18-4-5-19(23-22-18)26-7-3-6-21-26/h3-7,12-14H,8-11H2,1-2H3. The van der Waals surface area contributed by atoms with Gasteiger partial charge in [0.15, 0.2) is 11.6 Å². The summed E-state index contributed by atoms with van der Waals surface area (Å²) in [6, 6.07) is 11.7. The first kappa shape index (κ1) is 17.2. The molecule has 7 heteroatoms. The highest BCUT2D eigenvalue weighted by molar-refractivity contribution is 5.94. The van der Waals surface area contributed by atoms with Crippen LogP contribution in [0.1, 0.15) is 21.5 Å². The summed E-state index contributed by atoms with van der Waals surface area (Å²) < 4.78 is 1.68. The largest absolute Gasteiger partial charge is 0.352 e. The third kappa shape index (κ3) is 3.67. The van der Waals surface area contributed by atoms with Crippen molar-refractivity contribution < 1.29 is 4.79 Å². The van der Waals surface area contributed by atoms with Crippen LogP contribution in [0.15, 0.2) is 48.8 Å². The normalized spacial score (nSPS) is 14.4. The molecule has 1 aliphatic heterocycles. The summed E-state index contributed by atoms with van der Waals surface area (Å²) in [6.07, 6.45) is 3.54. The van der Waals surface area contributed by atoms with E-state index in [1.165, 1.54) is 0 Å². The molecule has 138 valence electrons. The monoisotopic (exact) mass is 362 g/mol. The number of rotatable bonds is 3. The van der Waals surface area contributed by atoms with Gasteiger partial charge in [-0.1, -0.05) is 17.2 Å². The maximum atomic E-state index is 12.8. The Labute approximate surface area is 158 Å². The van der Waals surface area contributed by atoms with E-state index in [1.807, 2.05) is 55.3 Å². The molecule has 0 atom stereocenters. The predicted molar refractivity (Wildman–Crippen MR) is 103 cm³/mol. The van der Waals surface area contributed by atoms with Crippen LogP contribution in [0.5, 0.6) is 0 Å². The Morgan fingerprint density at radius 2 is 1.59 bits per heavy atom. The number of piperazine rings is 1. The first-order chi connectivity index (χ1) is 13.1. The number of anilines is 1. The van der Waals surface area contributed by atoms with Crippen LogP contribution in [-0.4, -0.2) is 57.0 Å². The lowest BCUT2D eigenvalue weighted by molar-refractivity contribution is 0.0746. The minimum absolute atomic E-state index is 0.0987. The van der Waals surface area contributed by atoms with E-state index >= 15 is 0 Å². The fourth-order valence-corrected chi connectivity index (χ4v) is 3.43. The van der Waals surface area contributed by atoms with Crippen molar-refractivity contribution in [2.75, 3.05) is 31.1 Å².